The zero-order chi connectivity index (χ0) is 13.8. The molecule has 4 heteroatoms. The van der Waals surface area contributed by atoms with Crippen LogP contribution in [0.15, 0.2) is 18.3 Å². The molecule has 0 radical (unpaired) electrons. The quantitative estimate of drug-likeness (QED) is 0.875. The molecule has 1 aromatic heterocycles. The summed E-state index contributed by atoms with van der Waals surface area (Å²) >= 11 is 0. The van der Waals surface area contributed by atoms with Gasteiger partial charge in [0.15, 0.2) is 0 Å². The third-order valence-electron chi connectivity index (χ3n) is 4.03. The second-order valence-corrected chi connectivity index (χ2v) is 5.79. The summed E-state index contributed by atoms with van der Waals surface area (Å²) in [5.74, 6) is 1.05. The maximum atomic E-state index is 4.56. The number of likely N-dealkylation sites (N-methyl/N-ethyl adjacent to an activating group) is 1. The molecule has 2 rings (SSSR count). The lowest BCUT2D eigenvalue weighted by Crippen LogP contribution is -2.33. The van der Waals surface area contributed by atoms with Gasteiger partial charge in [-0.1, -0.05) is 6.07 Å². The summed E-state index contributed by atoms with van der Waals surface area (Å²) in [4.78, 5) is 9.17. The van der Waals surface area contributed by atoms with E-state index in [2.05, 4.69) is 60.2 Å². The van der Waals surface area contributed by atoms with Crippen molar-refractivity contribution in [3.8, 4) is 0 Å². The molecule has 1 N–H and O–H groups in total. The van der Waals surface area contributed by atoms with Crippen molar-refractivity contribution in [1.82, 2.24) is 15.2 Å². The fraction of sp³-hybridized carbons (Fsp3) is 0.667. The van der Waals surface area contributed by atoms with E-state index in [9.17, 15) is 0 Å². The van der Waals surface area contributed by atoms with Crippen LogP contribution in [0.2, 0.25) is 0 Å². The Labute approximate surface area is 116 Å². The van der Waals surface area contributed by atoms with Crippen LogP contribution in [-0.4, -0.2) is 49.2 Å². The predicted octanol–water partition coefficient (Wildman–Crippen LogP) is 1.72. The molecule has 2 heterocycles. The minimum atomic E-state index is 0.477. The summed E-state index contributed by atoms with van der Waals surface area (Å²) in [5, 5.41) is 3.41. The second-order valence-electron chi connectivity index (χ2n) is 5.79. The Bertz CT molecular complexity index is 382. The maximum Gasteiger partial charge on any atom is 0.128 e. The van der Waals surface area contributed by atoms with Gasteiger partial charge in [-0.2, -0.15) is 0 Å². The number of pyridine rings is 1. The van der Waals surface area contributed by atoms with E-state index in [1.54, 1.807) is 0 Å². The predicted molar refractivity (Wildman–Crippen MR) is 80.5 cm³/mol. The molecule has 0 amide bonds. The Morgan fingerprint density at radius 2 is 2.16 bits per heavy atom. The van der Waals surface area contributed by atoms with Gasteiger partial charge < -0.3 is 10.2 Å². The lowest BCUT2D eigenvalue weighted by molar-refractivity contribution is 0.248. The van der Waals surface area contributed by atoms with Crippen molar-refractivity contribution in [2.75, 3.05) is 32.1 Å². The van der Waals surface area contributed by atoms with Crippen LogP contribution in [0.4, 0.5) is 5.82 Å². The van der Waals surface area contributed by atoms with Crippen LogP contribution in [0.1, 0.15) is 25.8 Å². The maximum absolute atomic E-state index is 4.56. The van der Waals surface area contributed by atoms with Crippen molar-refractivity contribution in [3.05, 3.63) is 23.9 Å². The fourth-order valence-electron chi connectivity index (χ4n) is 2.42. The summed E-state index contributed by atoms with van der Waals surface area (Å²) in [6, 6.07) is 5.46. The van der Waals surface area contributed by atoms with E-state index < -0.39 is 0 Å². The van der Waals surface area contributed by atoms with E-state index in [4.69, 9.17) is 0 Å². The average Bonchev–Trinajstić information content (AvgIpc) is 2.92. The van der Waals surface area contributed by atoms with Crippen LogP contribution in [0.5, 0.6) is 0 Å². The molecular weight excluding hydrogens is 236 g/mol. The summed E-state index contributed by atoms with van der Waals surface area (Å²) in [6.45, 7) is 7.58. The Morgan fingerprint density at radius 1 is 1.37 bits per heavy atom. The van der Waals surface area contributed by atoms with E-state index in [0.29, 0.717) is 12.1 Å². The highest BCUT2D eigenvalue weighted by Crippen LogP contribution is 2.15. The van der Waals surface area contributed by atoms with Gasteiger partial charge in [0, 0.05) is 38.4 Å². The van der Waals surface area contributed by atoms with Crippen LogP contribution >= 0.6 is 0 Å². The molecule has 0 bridgehead atoms. The molecule has 1 unspecified atom stereocenters. The van der Waals surface area contributed by atoms with Gasteiger partial charge in [0.1, 0.15) is 5.82 Å². The second kappa shape index (κ2) is 6.35. The molecule has 0 aromatic carbocycles. The van der Waals surface area contributed by atoms with E-state index in [0.717, 1.165) is 25.5 Å². The van der Waals surface area contributed by atoms with Gasteiger partial charge in [-0.3, -0.25) is 4.90 Å². The first-order valence-electron chi connectivity index (χ1n) is 7.16. The van der Waals surface area contributed by atoms with Crippen LogP contribution < -0.4 is 10.2 Å². The molecule has 1 aliphatic heterocycles. The van der Waals surface area contributed by atoms with Crippen molar-refractivity contribution in [3.63, 3.8) is 0 Å². The zero-order valence-electron chi connectivity index (χ0n) is 12.6. The van der Waals surface area contributed by atoms with Crippen molar-refractivity contribution in [2.24, 2.45) is 0 Å². The number of rotatable bonds is 5. The first-order chi connectivity index (χ1) is 9.08. The van der Waals surface area contributed by atoms with Gasteiger partial charge >= 0.3 is 0 Å². The number of hydrogen-bond donors (Lipinski definition) is 1. The van der Waals surface area contributed by atoms with Gasteiger partial charge in [0.2, 0.25) is 0 Å². The SMILES string of the molecule is CC(C)N(C)c1ccc(CN(C)C2CCNC2)cn1. The molecule has 0 saturated carbocycles. The van der Waals surface area contributed by atoms with Gasteiger partial charge in [-0.25, -0.2) is 4.98 Å². The number of anilines is 1. The van der Waals surface area contributed by atoms with E-state index in [1.807, 2.05) is 6.20 Å². The molecule has 1 aromatic rings. The van der Waals surface area contributed by atoms with Crippen LogP contribution in [0, 0.1) is 0 Å². The van der Waals surface area contributed by atoms with Gasteiger partial charge in [-0.05, 0) is 45.5 Å². The lowest BCUT2D eigenvalue weighted by Gasteiger charge is -2.25. The highest BCUT2D eigenvalue weighted by atomic mass is 15.2. The Kier molecular flexibility index (Phi) is 4.77. The molecule has 1 saturated heterocycles. The molecular formula is C15H26N4. The lowest BCUT2D eigenvalue weighted by atomic mass is 10.2. The number of aromatic nitrogens is 1. The molecule has 19 heavy (non-hydrogen) atoms. The third kappa shape index (κ3) is 3.67. The van der Waals surface area contributed by atoms with Crippen molar-refractivity contribution in [2.45, 2.75) is 38.9 Å². The van der Waals surface area contributed by atoms with Crippen LogP contribution in [0.3, 0.4) is 0 Å². The molecule has 0 spiro atoms. The Balaban J connectivity index is 1.94. The Morgan fingerprint density at radius 3 is 2.68 bits per heavy atom. The monoisotopic (exact) mass is 262 g/mol. The first kappa shape index (κ1) is 14.3. The van der Waals surface area contributed by atoms with E-state index >= 15 is 0 Å². The van der Waals surface area contributed by atoms with E-state index in [1.165, 1.54) is 12.0 Å². The molecule has 0 aliphatic carbocycles. The topological polar surface area (TPSA) is 31.4 Å². The molecule has 1 atom stereocenters. The molecule has 1 aliphatic rings. The zero-order valence-corrected chi connectivity index (χ0v) is 12.6. The van der Waals surface area contributed by atoms with E-state index in [-0.39, 0.29) is 0 Å². The number of nitrogens with one attached hydrogen (secondary N) is 1. The highest BCUT2D eigenvalue weighted by Gasteiger charge is 2.19. The van der Waals surface area contributed by atoms with Gasteiger partial charge in [0.05, 0.1) is 0 Å². The minimum absolute atomic E-state index is 0.477. The normalized spacial score (nSPS) is 19.4. The first-order valence-corrected chi connectivity index (χ1v) is 7.16. The third-order valence-corrected chi connectivity index (χ3v) is 4.03. The molecule has 106 valence electrons. The average molecular weight is 262 g/mol. The van der Waals surface area contributed by atoms with Crippen molar-refractivity contribution in [1.29, 1.82) is 0 Å². The number of hydrogen-bond acceptors (Lipinski definition) is 4. The van der Waals surface area contributed by atoms with Crippen molar-refractivity contribution >= 4 is 5.82 Å². The largest absolute Gasteiger partial charge is 0.357 e. The summed E-state index contributed by atoms with van der Waals surface area (Å²) in [7, 11) is 4.29. The van der Waals surface area contributed by atoms with Crippen LogP contribution in [0.25, 0.3) is 0 Å². The summed E-state index contributed by atoms with van der Waals surface area (Å²) < 4.78 is 0. The number of nitrogens with zero attached hydrogens (tertiary/aromatic N) is 3. The highest BCUT2D eigenvalue weighted by molar-refractivity contribution is 5.39. The molecule has 4 nitrogen and oxygen atoms in total. The van der Waals surface area contributed by atoms with Gasteiger partial charge in [-0.15, -0.1) is 0 Å². The smallest absolute Gasteiger partial charge is 0.128 e. The van der Waals surface area contributed by atoms with Crippen LogP contribution in [-0.2, 0) is 6.54 Å². The standard InChI is InChI=1S/C15H26N4/c1-12(2)19(4)15-6-5-13(9-17-15)11-18(3)14-7-8-16-10-14/h5-6,9,12,14,16H,7-8,10-11H2,1-4H3. The summed E-state index contributed by atoms with van der Waals surface area (Å²) in [6.07, 6.45) is 3.26. The van der Waals surface area contributed by atoms with Crippen molar-refractivity contribution < 1.29 is 0 Å². The minimum Gasteiger partial charge on any atom is -0.357 e. The van der Waals surface area contributed by atoms with Gasteiger partial charge in [0.25, 0.3) is 0 Å². The Hall–Kier alpha value is -1.13. The molecule has 1 fully saturated rings. The fourth-order valence-corrected chi connectivity index (χ4v) is 2.42. The summed E-state index contributed by atoms with van der Waals surface area (Å²) in [5.41, 5.74) is 1.29.